The van der Waals surface area contributed by atoms with Gasteiger partial charge in [0.2, 0.25) is 0 Å². The van der Waals surface area contributed by atoms with Crippen molar-refractivity contribution in [3.63, 3.8) is 0 Å². The number of rotatable bonds is 6. The number of alkyl halides is 1. The topological polar surface area (TPSA) is 113 Å². The van der Waals surface area contributed by atoms with Crippen LogP contribution in [0.4, 0.5) is 10.2 Å². The first-order valence-electron chi connectivity index (χ1n) is 17.4. The third-order valence-corrected chi connectivity index (χ3v) is 12.0. The molecule has 0 bridgehead atoms. The van der Waals surface area contributed by atoms with Crippen LogP contribution in [0.15, 0.2) is 24.5 Å². The molecule has 0 radical (unpaired) electrons. The molecule has 48 heavy (non-hydrogen) atoms. The van der Waals surface area contributed by atoms with Crippen LogP contribution in [0, 0.1) is 0 Å². The summed E-state index contributed by atoms with van der Waals surface area (Å²) in [5, 5.41) is 20.6. The van der Waals surface area contributed by atoms with E-state index >= 15 is 0 Å². The third kappa shape index (κ3) is 4.39. The number of nitrogens with zero attached hydrogens (tertiary/aromatic N) is 6. The number of benzene rings is 1. The van der Waals surface area contributed by atoms with Gasteiger partial charge >= 0.3 is 6.01 Å². The molecule has 3 saturated heterocycles. The van der Waals surface area contributed by atoms with Crippen LogP contribution in [0.5, 0.6) is 6.01 Å². The van der Waals surface area contributed by atoms with Crippen molar-refractivity contribution in [2.45, 2.75) is 80.5 Å². The predicted molar refractivity (Wildman–Crippen MR) is 180 cm³/mol. The fourth-order valence-corrected chi connectivity index (χ4v) is 9.68. The molecule has 10 rings (SSSR count). The molecule has 6 heterocycles. The summed E-state index contributed by atoms with van der Waals surface area (Å²) < 4.78 is 27.0. The number of halogens is 2. The lowest BCUT2D eigenvalue weighted by atomic mass is 9.88. The van der Waals surface area contributed by atoms with Crippen LogP contribution < -0.4 is 9.64 Å². The number of aliphatic hydroxyl groups is 1. The molecule has 0 unspecified atom stereocenters. The highest BCUT2D eigenvalue weighted by molar-refractivity contribution is 6.33. The highest BCUT2D eigenvalue weighted by Gasteiger charge is 2.58. The third-order valence-electron chi connectivity index (χ3n) is 11.7. The van der Waals surface area contributed by atoms with Gasteiger partial charge < -0.3 is 19.5 Å². The van der Waals surface area contributed by atoms with E-state index in [4.69, 9.17) is 36.0 Å². The molecule has 3 aromatic heterocycles. The smallest absolute Gasteiger partial charge is 0.318 e. The number of aromatic nitrogens is 5. The maximum absolute atomic E-state index is 14.6. The van der Waals surface area contributed by atoms with Gasteiger partial charge in [0.25, 0.3) is 0 Å². The van der Waals surface area contributed by atoms with Gasteiger partial charge in [-0.25, -0.2) is 4.39 Å². The zero-order chi connectivity index (χ0) is 32.4. The monoisotopic (exact) mass is 671 g/mol. The second kappa shape index (κ2) is 10.3. The summed E-state index contributed by atoms with van der Waals surface area (Å²) in [4.78, 5) is 19.9. The lowest BCUT2D eigenvalue weighted by Gasteiger charge is -2.32. The number of hydrogen-bond donors (Lipinski definition) is 2. The maximum atomic E-state index is 14.6. The summed E-state index contributed by atoms with van der Waals surface area (Å²) >= 11 is 7.02. The van der Waals surface area contributed by atoms with Gasteiger partial charge in [-0.05, 0) is 86.7 Å². The van der Waals surface area contributed by atoms with E-state index in [2.05, 4.69) is 26.1 Å². The zero-order valence-corrected chi connectivity index (χ0v) is 27.8. The molecular weight excluding hydrogens is 633 g/mol. The lowest BCUT2D eigenvalue weighted by Crippen LogP contribution is -2.44. The average molecular weight is 672 g/mol. The molecule has 12 heteroatoms. The molecule has 0 amide bonds. The van der Waals surface area contributed by atoms with E-state index in [1.54, 1.807) is 6.92 Å². The SMILES string of the molecule is C[C@@]1(O)COCCN(c2nc(OC[C@@]34CCCN3C[C@H](F)C4)nc3c2-c2ccnc(-c4c(C5CC5)c(Cl)cc5[nH]ncc45)c2C32CC2)C1. The minimum Gasteiger partial charge on any atom is -0.461 e. The highest BCUT2D eigenvalue weighted by Crippen LogP contribution is 2.66. The van der Waals surface area contributed by atoms with E-state index in [1.165, 1.54) is 0 Å². The van der Waals surface area contributed by atoms with Gasteiger partial charge in [0.1, 0.15) is 24.2 Å². The number of fused-ring (bicyclic) bond motifs is 7. The van der Waals surface area contributed by atoms with Gasteiger partial charge in [-0.2, -0.15) is 15.1 Å². The molecule has 3 atom stereocenters. The van der Waals surface area contributed by atoms with Crippen LogP contribution >= 0.6 is 11.6 Å². The van der Waals surface area contributed by atoms with E-state index in [0.29, 0.717) is 51.2 Å². The molecular formula is C36H39ClFN7O3. The largest absolute Gasteiger partial charge is 0.461 e. The van der Waals surface area contributed by atoms with Crippen molar-refractivity contribution in [2.75, 3.05) is 50.9 Å². The van der Waals surface area contributed by atoms with Crippen molar-refractivity contribution in [1.29, 1.82) is 0 Å². The van der Waals surface area contributed by atoms with E-state index < -0.39 is 11.8 Å². The number of β-amino-alcohol motifs (C(OH)–C–C–N with tert-alkyl or cyclic N) is 1. The predicted octanol–water partition coefficient (Wildman–Crippen LogP) is 5.55. The Morgan fingerprint density at radius 1 is 1.19 bits per heavy atom. The number of anilines is 1. The van der Waals surface area contributed by atoms with Crippen LogP contribution in [0.2, 0.25) is 5.02 Å². The number of ether oxygens (including phenoxy) is 2. The Balaban J connectivity index is 1.15. The molecule has 3 aliphatic heterocycles. The fourth-order valence-electron chi connectivity index (χ4n) is 9.32. The Labute approximate surface area is 283 Å². The summed E-state index contributed by atoms with van der Waals surface area (Å²) in [7, 11) is 0. The first-order valence-corrected chi connectivity index (χ1v) is 17.8. The Bertz CT molecular complexity index is 1980. The number of aromatic amines is 1. The van der Waals surface area contributed by atoms with Crippen LogP contribution in [0.1, 0.15) is 74.6 Å². The Hall–Kier alpha value is -3.38. The van der Waals surface area contributed by atoms with Crippen molar-refractivity contribution in [3.8, 4) is 28.4 Å². The van der Waals surface area contributed by atoms with Gasteiger partial charge in [-0.15, -0.1) is 0 Å². The Morgan fingerprint density at radius 2 is 2.06 bits per heavy atom. The zero-order valence-electron chi connectivity index (χ0n) is 27.1. The average Bonchev–Trinajstić information content (AvgIpc) is 3.93. The number of hydrogen-bond acceptors (Lipinski definition) is 9. The van der Waals surface area contributed by atoms with Crippen molar-refractivity contribution in [1.82, 2.24) is 30.0 Å². The minimum atomic E-state index is -1.06. The van der Waals surface area contributed by atoms with Crippen LogP contribution in [-0.2, 0) is 10.2 Å². The highest BCUT2D eigenvalue weighted by atomic mass is 35.5. The van der Waals surface area contributed by atoms with Crippen LogP contribution in [0.25, 0.3) is 33.3 Å². The van der Waals surface area contributed by atoms with Crippen molar-refractivity contribution in [3.05, 3.63) is 46.4 Å². The molecule has 1 aromatic carbocycles. The Morgan fingerprint density at radius 3 is 2.90 bits per heavy atom. The van der Waals surface area contributed by atoms with Gasteiger partial charge in [0.15, 0.2) is 0 Å². The fraction of sp³-hybridized carbons (Fsp3) is 0.556. The first kappa shape index (κ1) is 29.5. The molecule has 4 aromatic rings. The molecule has 1 spiro atoms. The van der Waals surface area contributed by atoms with E-state index in [9.17, 15) is 9.50 Å². The summed E-state index contributed by atoms with van der Waals surface area (Å²) in [6.07, 6.45) is 9.43. The van der Waals surface area contributed by atoms with Gasteiger partial charge in [-0.3, -0.25) is 15.0 Å². The standard InChI is InChI=1S/C36H39ClFN7O3/c1-34(46)17-44(11-12-47-18-34)32-28-22-5-9-39-30(27-23-15-40-43-25(23)13-24(37)26(27)20-3-4-20)29(22)36(7-8-36)31(28)41-33(42-32)48-19-35-6-2-10-45(35)16-21(38)14-35/h5,9,13,15,20-21,46H,2-4,6-8,10-12,14,16-19H2,1H3,(H,40,43)/t21-,34+,35+/m1/s1. The van der Waals surface area contributed by atoms with Crippen LogP contribution in [0.3, 0.4) is 0 Å². The first-order chi connectivity index (χ1) is 23.3. The van der Waals surface area contributed by atoms with Crippen molar-refractivity contribution in [2.24, 2.45) is 0 Å². The molecule has 2 N–H and O–H groups in total. The van der Waals surface area contributed by atoms with Crippen LogP contribution in [-0.4, -0.2) is 98.5 Å². The van der Waals surface area contributed by atoms with E-state index in [0.717, 1.165) is 106 Å². The molecule has 6 aliphatic rings. The van der Waals surface area contributed by atoms with Crippen molar-refractivity contribution >= 4 is 28.3 Å². The van der Waals surface area contributed by atoms with Gasteiger partial charge in [0.05, 0.1) is 48.4 Å². The molecule has 250 valence electrons. The normalized spacial score (nSPS) is 28.9. The summed E-state index contributed by atoms with van der Waals surface area (Å²) in [5.74, 6) is 1.13. The number of nitrogens with one attached hydrogen (secondary N) is 1. The second-order valence-corrected chi connectivity index (χ2v) is 15.7. The van der Waals surface area contributed by atoms with Gasteiger partial charge in [-0.1, -0.05) is 11.6 Å². The minimum absolute atomic E-state index is 0.247. The Kier molecular flexibility index (Phi) is 6.35. The molecule has 3 aliphatic carbocycles. The summed E-state index contributed by atoms with van der Waals surface area (Å²) in [6, 6.07) is 4.39. The maximum Gasteiger partial charge on any atom is 0.318 e. The van der Waals surface area contributed by atoms with Crippen molar-refractivity contribution < 1.29 is 19.0 Å². The van der Waals surface area contributed by atoms with E-state index in [1.807, 2.05) is 18.5 Å². The molecule has 10 nitrogen and oxygen atoms in total. The molecule has 5 fully saturated rings. The van der Waals surface area contributed by atoms with Gasteiger partial charge in [0, 0.05) is 52.7 Å². The van der Waals surface area contributed by atoms with E-state index in [-0.39, 0.29) is 17.6 Å². The second-order valence-electron chi connectivity index (χ2n) is 15.3. The number of pyridine rings is 1. The molecule has 2 saturated carbocycles. The lowest BCUT2D eigenvalue weighted by molar-refractivity contribution is -0.0123. The summed E-state index contributed by atoms with van der Waals surface area (Å²) in [5.41, 5.74) is 6.45. The summed E-state index contributed by atoms with van der Waals surface area (Å²) in [6.45, 7) is 5.15. The number of H-pyrrole nitrogens is 1. The quantitative estimate of drug-likeness (QED) is 0.273.